The normalized spacial score (nSPS) is 17.7. The van der Waals surface area contributed by atoms with Crippen LogP contribution >= 0.6 is 11.3 Å². The lowest BCUT2D eigenvalue weighted by Gasteiger charge is -2.38. The molecule has 2 heterocycles. The van der Waals surface area contributed by atoms with Crippen LogP contribution in [0, 0.1) is 0 Å². The van der Waals surface area contributed by atoms with E-state index >= 15 is 0 Å². The Balaban J connectivity index is 1.85. The van der Waals surface area contributed by atoms with Gasteiger partial charge in [-0.25, -0.2) is 8.42 Å². The number of thiophene rings is 1. The van der Waals surface area contributed by atoms with E-state index in [1.54, 1.807) is 16.2 Å². The molecule has 0 N–H and O–H groups in total. The van der Waals surface area contributed by atoms with Crippen molar-refractivity contribution in [2.75, 3.05) is 39.0 Å². The van der Waals surface area contributed by atoms with Crippen LogP contribution in [0.1, 0.15) is 18.7 Å². The monoisotopic (exact) mass is 344 g/mol. The third-order valence-electron chi connectivity index (χ3n) is 4.36. The first-order valence-corrected chi connectivity index (χ1v) is 10.2. The summed E-state index contributed by atoms with van der Waals surface area (Å²) in [5.41, 5.74) is 0. The Morgan fingerprint density at radius 2 is 1.91 bits per heavy atom. The molecular formula is C15H24N2O3S2. The van der Waals surface area contributed by atoms with Crippen LogP contribution in [0.25, 0.3) is 0 Å². The molecule has 124 valence electrons. The molecular weight excluding hydrogens is 320 g/mol. The molecule has 22 heavy (non-hydrogen) atoms. The van der Waals surface area contributed by atoms with Crippen molar-refractivity contribution in [2.45, 2.75) is 25.0 Å². The highest BCUT2D eigenvalue weighted by atomic mass is 32.2. The van der Waals surface area contributed by atoms with Crippen LogP contribution in [0.3, 0.4) is 0 Å². The van der Waals surface area contributed by atoms with Crippen molar-refractivity contribution < 1.29 is 13.2 Å². The van der Waals surface area contributed by atoms with Crippen molar-refractivity contribution in [1.29, 1.82) is 0 Å². The standard InChI is InChI=1S/C15H24N2O3S2/c1-15(2,22(3,19)20)14(18)17-10-8-16(9-11-17)7-6-13-5-4-12-21-13/h4-5,12H,6-11H2,1-3H3. The highest BCUT2D eigenvalue weighted by molar-refractivity contribution is 7.92. The zero-order chi connectivity index (χ0) is 16.4. The maximum atomic E-state index is 12.4. The van der Waals surface area contributed by atoms with Gasteiger partial charge < -0.3 is 4.90 Å². The molecule has 2 rings (SSSR count). The van der Waals surface area contributed by atoms with E-state index in [4.69, 9.17) is 0 Å². The number of nitrogens with zero attached hydrogens (tertiary/aromatic N) is 2. The summed E-state index contributed by atoms with van der Waals surface area (Å²) in [6, 6.07) is 4.20. The minimum atomic E-state index is -3.41. The fourth-order valence-corrected chi connectivity index (χ4v) is 3.58. The van der Waals surface area contributed by atoms with E-state index < -0.39 is 14.6 Å². The van der Waals surface area contributed by atoms with Gasteiger partial charge in [-0.2, -0.15) is 0 Å². The molecule has 0 bridgehead atoms. The Morgan fingerprint density at radius 1 is 1.27 bits per heavy atom. The van der Waals surface area contributed by atoms with Gasteiger partial charge in [-0.1, -0.05) is 6.07 Å². The van der Waals surface area contributed by atoms with E-state index in [0.29, 0.717) is 13.1 Å². The summed E-state index contributed by atoms with van der Waals surface area (Å²) in [7, 11) is -3.41. The van der Waals surface area contributed by atoms with Gasteiger partial charge in [0.2, 0.25) is 5.91 Å². The number of carbonyl (C=O) groups excluding carboxylic acids is 1. The maximum absolute atomic E-state index is 12.4. The number of rotatable bonds is 5. The van der Waals surface area contributed by atoms with E-state index in [1.807, 2.05) is 0 Å². The Kier molecular flexibility index (Phi) is 5.29. The van der Waals surface area contributed by atoms with Crippen molar-refractivity contribution in [3.8, 4) is 0 Å². The zero-order valence-electron chi connectivity index (χ0n) is 13.4. The predicted molar refractivity (Wildman–Crippen MR) is 90.0 cm³/mol. The highest BCUT2D eigenvalue weighted by Gasteiger charge is 2.41. The summed E-state index contributed by atoms with van der Waals surface area (Å²) >= 11 is 1.77. The summed E-state index contributed by atoms with van der Waals surface area (Å²) in [4.78, 5) is 17.8. The molecule has 0 radical (unpaired) electrons. The fourth-order valence-electron chi connectivity index (χ4n) is 2.44. The summed E-state index contributed by atoms with van der Waals surface area (Å²) in [6.45, 7) is 6.78. The third-order valence-corrected chi connectivity index (χ3v) is 7.32. The molecule has 7 heteroatoms. The second kappa shape index (κ2) is 6.68. The molecule has 1 aliphatic heterocycles. The second-order valence-corrected chi connectivity index (χ2v) is 9.84. The largest absolute Gasteiger partial charge is 0.339 e. The van der Waals surface area contributed by atoms with Gasteiger partial charge in [-0.15, -0.1) is 11.3 Å². The number of sulfone groups is 1. The van der Waals surface area contributed by atoms with Crippen molar-refractivity contribution in [3.05, 3.63) is 22.4 Å². The molecule has 0 spiro atoms. The quantitative estimate of drug-likeness (QED) is 0.807. The lowest BCUT2D eigenvalue weighted by atomic mass is 10.1. The Morgan fingerprint density at radius 3 is 2.41 bits per heavy atom. The van der Waals surface area contributed by atoms with Crippen molar-refractivity contribution in [3.63, 3.8) is 0 Å². The van der Waals surface area contributed by atoms with Gasteiger partial charge in [0.25, 0.3) is 0 Å². The topological polar surface area (TPSA) is 57.7 Å². The van der Waals surface area contributed by atoms with E-state index in [2.05, 4.69) is 22.4 Å². The Bertz CT molecular complexity index is 601. The molecule has 1 fully saturated rings. The van der Waals surface area contributed by atoms with Gasteiger partial charge in [0, 0.05) is 43.9 Å². The molecule has 1 aromatic heterocycles. The van der Waals surface area contributed by atoms with Crippen LogP contribution in [0.4, 0.5) is 0 Å². The van der Waals surface area contributed by atoms with Gasteiger partial charge in [-0.3, -0.25) is 9.69 Å². The minimum absolute atomic E-state index is 0.284. The number of piperazine rings is 1. The first-order chi connectivity index (χ1) is 10.2. The van der Waals surface area contributed by atoms with Crippen LogP contribution in [0.2, 0.25) is 0 Å². The first kappa shape index (κ1) is 17.4. The van der Waals surface area contributed by atoms with E-state index in [0.717, 1.165) is 32.3 Å². The highest BCUT2D eigenvalue weighted by Crippen LogP contribution is 2.20. The summed E-state index contributed by atoms with van der Waals surface area (Å²) in [5, 5.41) is 2.08. The molecule has 1 aliphatic rings. The smallest absolute Gasteiger partial charge is 0.243 e. The van der Waals surface area contributed by atoms with E-state index in [9.17, 15) is 13.2 Å². The lowest BCUT2D eigenvalue weighted by molar-refractivity contribution is -0.134. The maximum Gasteiger partial charge on any atom is 0.243 e. The van der Waals surface area contributed by atoms with Crippen molar-refractivity contribution >= 4 is 27.1 Å². The minimum Gasteiger partial charge on any atom is -0.339 e. The molecule has 0 unspecified atom stereocenters. The van der Waals surface area contributed by atoms with Crippen molar-refractivity contribution in [2.24, 2.45) is 0 Å². The van der Waals surface area contributed by atoms with Crippen LogP contribution < -0.4 is 0 Å². The lowest BCUT2D eigenvalue weighted by Crippen LogP contribution is -2.56. The molecule has 1 aromatic rings. The molecule has 0 saturated carbocycles. The van der Waals surface area contributed by atoms with Crippen molar-refractivity contribution in [1.82, 2.24) is 9.80 Å². The first-order valence-electron chi connectivity index (χ1n) is 7.45. The van der Waals surface area contributed by atoms with E-state index in [-0.39, 0.29) is 5.91 Å². The average Bonchev–Trinajstić information content (AvgIpc) is 2.97. The average molecular weight is 345 g/mol. The summed E-state index contributed by atoms with van der Waals surface area (Å²) < 4.78 is 22.2. The van der Waals surface area contributed by atoms with E-state index in [1.165, 1.54) is 18.7 Å². The summed E-state index contributed by atoms with van der Waals surface area (Å²) in [6.07, 6.45) is 2.16. The van der Waals surface area contributed by atoms with Gasteiger partial charge in [-0.05, 0) is 31.7 Å². The van der Waals surface area contributed by atoms with Crippen LogP contribution in [-0.2, 0) is 21.1 Å². The molecule has 1 amide bonds. The Hall–Kier alpha value is -0.920. The molecule has 0 aliphatic carbocycles. The second-order valence-electron chi connectivity index (χ2n) is 6.25. The molecule has 0 aromatic carbocycles. The number of hydrogen-bond acceptors (Lipinski definition) is 5. The molecule has 1 saturated heterocycles. The van der Waals surface area contributed by atoms with Gasteiger partial charge in [0.1, 0.15) is 4.75 Å². The third kappa shape index (κ3) is 3.88. The summed E-state index contributed by atoms with van der Waals surface area (Å²) in [5.74, 6) is -0.284. The number of carbonyl (C=O) groups is 1. The molecule has 0 atom stereocenters. The SMILES string of the molecule is CC(C)(C(=O)N1CCN(CCc2cccs2)CC1)S(C)(=O)=O. The number of amides is 1. The van der Waals surface area contributed by atoms with Gasteiger partial charge in [0.05, 0.1) is 0 Å². The molecule has 5 nitrogen and oxygen atoms in total. The Labute approximate surface area is 136 Å². The van der Waals surface area contributed by atoms with Crippen LogP contribution in [-0.4, -0.2) is 67.9 Å². The van der Waals surface area contributed by atoms with Crippen LogP contribution in [0.15, 0.2) is 17.5 Å². The predicted octanol–water partition coefficient (Wildman–Crippen LogP) is 1.26. The zero-order valence-corrected chi connectivity index (χ0v) is 15.0. The van der Waals surface area contributed by atoms with Gasteiger partial charge in [0.15, 0.2) is 9.84 Å². The van der Waals surface area contributed by atoms with Crippen LogP contribution in [0.5, 0.6) is 0 Å². The fraction of sp³-hybridized carbons (Fsp3) is 0.667. The number of hydrogen-bond donors (Lipinski definition) is 0. The van der Waals surface area contributed by atoms with Gasteiger partial charge >= 0.3 is 0 Å².